The van der Waals surface area contributed by atoms with E-state index >= 15 is 0 Å². The van der Waals surface area contributed by atoms with Crippen molar-refractivity contribution >= 4 is 23.7 Å². The Labute approximate surface area is 119 Å². The highest BCUT2D eigenvalue weighted by Gasteiger charge is 2.36. The Bertz CT molecular complexity index is 332. The molecule has 0 aromatic rings. The van der Waals surface area contributed by atoms with E-state index in [2.05, 4.69) is 29.4 Å². The van der Waals surface area contributed by atoms with Crippen molar-refractivity contribution < 1.29 is 9.59 Å². The molecular weight excluding hydrogens is 262 g/mol. The van der Waals surface area contributed by atoms with Crippen LogP contribution in [-0.2, 0) is 4.79 Å². The maximum Gasteiger partial charge on any atom is 0.321 e. The van der Waals surface area contributed by atoms with Crippen molar-refractivity contribution in [1.29, 1.82) is 0 Å². The third-order valence-corrected chi connectivity index (χ3v) is 5.66. The smallest absolute Gasteiger partial charge is 0.321 e. The Morgan fingerprint density at radius 3 is 2.53 bits per heavy atom. The molecule has 5 nitrogen and oxygen atoms in total. The van der Waals surface area contributed by atoms with E-state index in [1.54, 1.807) is 0 Å². The number of carbonyl (C=O) groups is 2. The summed E-state index contributed by atoms with van der Waals surface area (Å²) in [6, 6.07) is -0.712. The van der Waals surface area contributed by atoms with Gasteiger partial charge in [0, 0.05) is 30.6 Å². The Hall–Kier alpha value is -0.750. The van der Waals surface area contributed by atoms with Crippen LogP contribution in [0.15, 0.2) is 0 Å². The minimum absolute atomic E-state index is 0.229. The van der Waals surface area contributed by atoms with Gasteiger partial charge in [-0.15, -0.1) is 0 Å². The van der Waals surface area contributed by atoms with Crippen molar-refractivity contribution in [2.75, 3.05) is 25.9 Å². The SMILES string of the molecule is CCC1(CC)CN(C(C)C(=O)NC(=O)NC)CCS1. The third-order valence-electron chi connectivity index (χ3n) is 3.96. The molecule has 1 aliphatic heterocycles. The van der Waals surface area contributed by atoms with E-state index in [0.717, 1.165) is 31.7 Å². The molecule has 0 aromatic heterocycles. The van der Waals surface area contributed by atoms with Crippen LogP contribution in [0.5, 0.6) is 0 Å². The second-order valence-corrected chi connectivity index (χ2v) is 6.52. The Morgan fingerprint density at radius 1 is 1.37 bits per heavy atom. The molecule has 3 amide bonds. The van der Waals surface area contributed by atoms with Gasteiger partial charge in [0.2, 0.25) is 5.91 Å². The first-order chi connectivity index (χ1) is 8.98. The minimum Gasteiger partial charge on any atom is -0.341 e. The molecule has 0 bridgehead atoms. The second-order valence-electron chi connectivity index (χ2n) is 4.95. The van der Waals surface area contributed by atoms with Crippen molar-refractivity contribution in [3.05, 3.63) is 0 Å². The van der Waals surface area contributed by atoms with Gasteiger partial charge in [0.25, 0.3) is 0 Å². The van der Waals surface area contributed by atoms with Crippen molar-refractivity contribution in [3.8, 4) is 0 Å². The molecule has 6 heteroatoms. The van der Waals surface area contributed by atoms with Gasteiger partial charge in [-0.3, -0.25) is 15.0 Å². The number of nitrogens with one attached hydrogen (secondary N) is 2. The number of imide groups is 1. The number of rotatable bonds is 4. The van der Waals surface area contributed by atoms with Crippen molar-refractivity contribution in [2.45, 2.75) is 44.4 Å². The van der Waals surface area contributed by atoms with E-state index in [1.807, 2.05) is 18.7 Å². The molecule has 110 valence electrons. The monoisotopic (exact) mass is 287 g/mol. The van der Waals surface area contributed by atoms with Crippen molar-refractivity contribution in [3.63, 3.8) is 0 Å². The van der Waals surface area contributed by atoms with E-state index < -0.39 is 6.03 Å². The van der Waals surface area contributed by atoms with Crippen LogP contribution in [-0.4, -0.2) is 53.5 Å². The van der Waals surface area contributed by atoms with Crippen molar-refractivity contribution in [1.82, 2.24) is 15.5 Å². The molecule has 0 spiro atoms. The van der Waals surface area contributed by atoms with Gasteiger partial charge in [0.1, 0.15) is 0 Å². The van der Waals surface area contributed by atoms with E-state index in [-0.39, 0.29) is 16.7 Å². The molecule has 0 saturated carbocycles. The second kappa shape index (κ2) is 7.14. The zero-order valence-electron chi connectivity index (χ0n) is 12.3. The van der Waals surface area contributed by atoms with Gasteiger partial charge in [-0.2, -0.15) is 11.8 Å². The van der Waals surface area contributed by atoms with Gasteiger partial charge in [0.15, 0.2) is 0 Å². The van der Waals surface area contributed by atoms with Crippen LogP contribution in [0.1, 0.15) is 33.6 Å². The lowest BCUT2D eigenvalue weighted by Crippen LogP contribution is -2.55. The molecule has 0 aromatic carbocycles. The van der Waals surface area contributed by atoms with Crippen LogP contribution in [0.2, 0.25) is 0 Å². The van der Waals surface area contributed by atoms with E-state index in [4.69, 9.17) is 0 Å². The van der Waals surface area contributed by atoms with Gasteiger partial charge in [-0.1, -0.05) is 13.8 Å². The first kappa shape index (κ1) is 16.3. The fourth-order valence-corrected chi connectivity index (χ4v) is 3.75. The van der Waals surface area contributed by atoms with Crippen LogP contribution in [0.3, 0.4) is 0 Å². The van der Waals surface area contributed by atoms with Crippen molar-refractivity contribution in [2.24, 2.45) is 0 Å². The van der Waals surface area contributed by atoms with Gasteiger partial charge in [0.05, 0.1) is 6.04 Å². The van der Waals surface area contributed by atoms with Gasteiger partial charge < -0.3 is 5.32 Å². The third kappa shape index (κ3) is 4.11. The standard InChI is InChI=1S/C13H25N3O2S/c1-5-13(6-2)9-16(7-8-19-13)10(3)11(17)15-12(18)14-4/h10H,5-9H2,1-4H3,(H2,14,15,17,18). The fourth-order valence-electron chi connectivity index (χ4n) is 2.33. The summed E-state index contributed by atoms with van der Waals surface area (Å²) in [5, 5.41) is 4.75. The van der Waals surface area contributed by atoms with Crippen LogP contribution >= 0.6 is 11.8 Å². The average molecular weight is 287 g/mol. The molecule has 1 unspecified atom stereocenters. The summed E-state index contributed by atoms with van der Waals surface area (Å²) in [6.07, 6.45) is 2.21. The molecule has 1 fully saturated rings. The van der Waals surface area contributed by atoms with Gasteiger partial charge >= 0.3 is 6.03 Å². The summed E-state index contributed by atoms with van der Waals surface area (Å²) in [5.74, 6) is 0.812. The number of carbonyl (C=O) groups excluding carboxylic acids is 2. The first-order valence-electron chi connectivity index (χ1n) is 6.88. The first-order valence-corrected chi connectivity index (χ1v) is 7.87. The molecule has 1 saturated heterocycles. The maximum atomic E-state index is 12.0. The van der Waals surface area contributed by atoms with Crippen LogP contribution < -0.4 is 10.6 Å². The van der Waals surface area contributed by atoms with Crippen LogP contribution in [0.4, 0.5) is 4.79 Å². The zero-order valence-corrected chi connectivity index (χ0v) is 13.1. The summed E-state index contributed by atoms with van der Waals surface area (Å²) in [7, 11) is 1.50. The molecule has 1 aliphatic rings. The minimum atomic E-state index is -0.444. The predicted octanol–water partition coefficient (Wildman–Crippen LogP) is 1.44. The Kier molecular flexibility index (Phi) is 6.13. The highest BCUT2D eigenvalue weighted by molar-refractivity contribution is 8.00. The highest BCUT2D eigenvalue weighted by atomic mass is 32.2. The summed E-state index contributed by atoms with van der Waals surface area (Å²) in [6.45, 7) is 8.08. The lowest BCUT2D eigenvalue weighted by molar-refractivity contribution is -0.124. The molecule has 0 radical (unpaired) electrons. The number of thioether (sulfide) groups is 1. The number of nitrogens with zero attached hydrogens (tertiary/aromatic N) is 1. The molecule has 1 atom stereocenters. The topological polar surface area (TPSA) is 61.4 Å². The summed E-state index contributed by atoms with van der Waals surface area (Å²) in [4.78, 5) is 25.3. The molecule has 2 N–H and O–H groups in total. The summed E-state index contributed by atoms with van der Waals surface area (Å²) in [5.41, 5.74) is 0. The van der Waals surface area contributed by atoms with E-state index in [0.29, 0.717) is 0 Å². The normalized spacial score (nSPS) is 20.6. The molecular formula is C13H25N3O2S. The van der Waals surface area contributed by atoms with Gasteiger partial charge in [-0.05, 0) is 19.8 Å². The molecule has 0 aliphatic carbocycles. The maximum absolute atomic E-state index is 12.0. The van der Waals surface area contributed by atoms with Gasteiger partial charge in [-0.25, -0.2) is 4.79 Å². The number of amides is 3. The highest BCUT2D eigenvalue weighted by Crippen LogP contribution is 2.37. The molecule has 19 heavy (non-hydrogen) atoms. The van der Waals surface area contributed by atoms with Crippen LogP contribution in [0, 0.1) is 0 Å². The van der Waals surface area contributed by atoms with E-state index in [9.17, 15) is 9.59 Å². The van der Waals surface area contributed by atoms with E-state index in [1.165, 1.54) is 7.05 Å². The largest absolute Gasteiger partial charge is 0.341 e. The number of urea groups is 1. The fraction of sp³-hybridized carbons (Fsp3) is 0.846. The molecule has 1 heterocycles. The average Bonchev–Trinajstić information content (AvgIpc) is 2.46. The quantitative estimate of drug-likeness (QED) is 0.821. The zero-order chi connectivity index (χ0) is 14.5. The number of hydrogen-bond acceptors (Lipinski definition) is 4. The number of hydrogen-bond donors (Lipinski definition) is 2. The summed E-state index contributed by atoms with van der Waals surface area (Å²) >= 11 is 2.01. The lowest BCUT2D eigenvalue weighted by atomic mass is 10.00. The Morgan fingerprint density at radius 2 is 2.00 bits per heavy atom. The summed E-state index contributed by atoms with van der Waals surface area (Å²) < 4.78 is 0.250. The van der Waals surface area contributed by atoms with Crippen LogP contribution in [0.25, 0.3) is 0 Å². The predicted molar refractivity (Wildman–Crippen MR) is 79.4 cm³/mol. The molecule has 1 rings (SSSR count). The Balaban J connectivity index is 2.63. The lowest BCUT2D eigenvalue weighted by Gasteiger charge is -2.43.